The third-order valence-electron chi connectivity index (χ3n) is 3.36. The van der Waals surface area contributed by atoms with Gasteiger partial charge in [0.25, 0.3) is 0 Å². The summed E-state index contributed by atoms with van der Waals surface area (Å²) < 4.78 is 0. The maximum absolute atomic E-state index is 11.3. The zero-order valence-electron chi connectivity index (χ0n) is 10.7. The van der Waals surface area contributed by atoms with Crippen molar-refractivity contribution in [1.82, 2.24) is 0 Å². The van der Waals surface area contributed by atoms with Crippen LogP contribution in [0.5, 0.6) is 0 Å². The molecule has 0 N–H and O–H groups in total. The van der Waals surface area contributed by atoms with E-state index >= 15 is 0 Å². The topological polar surface area (TPSA) is 17.1 Å². The standard InChI is InChI=1S/C16H20O/c1-12(2)15-8-6-13(7-9-15)10-14-4-3-5-16(17)11-14/h6-9,11-12H,3-5,10H2,1-2H3. The molecule has 90 valence electrons. The predicted octanol–water partition coefficient (Wildman–Crippen LogP) is 4.03. The molecule has 1 aliphatic carbocycles. The Labute approximate surface area is 104 Å². The van der Waals surface area contributed by atoms with Crippen molar-refractivity contribution >= 4 is 5.78 Å². The summed E-state index contributed by atoms with van der Waals surface area (Å²) in [6.07, 6.45) is 5.62. The Balaban J connectivity index is 2.06. The predicted molar refractivity (Wildman–Crippen MR) is 71.2 cm³/mol. The van der Waals surface area contributed by atoms with Crippen molar-refractivity contribution in [3.8, 4) is 0 Å². The van der Waals surface area contributed by atoms with Crippen molar-refractivity contribution in [2.24, 2.45) is 0 Å². The number of benzene rings is 1. The highest BCUT2D eigenvalue weighted by Gasteiger charge is 2.10. The molecule has 0 spiro atoms. The van der Waals surface area contributed by atoms with E-state index in [4.69, 9.17) is 0 Å². The summed E-state index contributed by atoms with van der Waals surface area (Å²) in [5.41, 5.74) is 3.98. The molecule has 0 aliphatic heterocycles. The summed E-state index contributed by atoms with van der Waals surface area (Å²) in [5, 5.41) is 0. The van der Waals surface area contributed by atoms with Gasteiger partial charge >= 0.3 is 0 Å². The van der Waals surface area contributed by atoms with Crippen molar-refractivity contribution in [2.75, 3.05) is 0 Å². The van der Waals surface area contributed by atoms with Crippen LogP contribution < -0.4 is 0 Å². The van der Waals surface area contributed by atoms with Crippen LogP contribution in [0.25, 0.3) is 0 Å². The largest absolute Gasteiger partial charge is 0.295 e. The minimum atomic E-state index is 0.296. The van der Waals surface area contributed by atoms with Crippen LogP contribution in [-0.2, 0) is 11.2 Å². The minimum absolute atomic E-state index is 0.296. The number of allylic oxidation sites excluding steroid dienone is 2. The van der Waals surface area contributed by atoms with Crippen molar-refractivity contribution in [1.29, 1.82) is 0 Å². The zero-order chi connectivity index (χ0) is 12.3. The number of carbonyl (C=O) groups is 1. The van der Waals surface area contributed by atoms with Crippen LogP contribution in [0.1, 0.15) is 50.2 Å². The smallest absolute Gasteiger partial charge is 0.155 e. The van der Waals surface area contributed by atoms with Gasteiger partial charge in [0.2, 0.25) is 0 Å². The number of rotatable bonds is 3. The van der Waals surface area contributed by atoms with Crippen molar-refractivity contribution in [2.45, 2.75) is 45.4 Å². The first-order valence-electron chi connectivity index (χ1n) is 6.46. The summed E-state index contributed by atoms with van der Waals surface area (Å²) in [4.78, 5) is 11.3. The normalized spacial score (nSPS) is 16.2. The van der Waals surface area contributed by atoms with Crippen molar-refractivity contribution in [3.05, 3.63) is 47.0 Å². The highest BCUT2D eigenvalue weighted by atomic mass is 16.1. The summed E-state index contributed by atoms with van der Waals surface area (Å²) in [6.45, 7) is 4.41. The monoisotopic (exact) mass is 228 g/mol. The van der Waals surface area contributed by atoms with E-state index in [2.05, 4.69) is 38.1 Å². The lowest BCUT2D eigenvalue weighted by Crippen LogP contribution is -2.04. The molecule has 1 heteroatoms. The van der Waals surface area contributed by atoms with Crippen LogP contribution in [0.2, 0.25) is 0 Å². The third-order valence-corrected chi connectivity index (χ3v) is 3.36. The Morgan fingerprint density at radius 1 is 1.12 bits per heavy atom. The molecule has 1 aromatic rings. The molecule has 0 bridgehead atoms. The van der Waals surface area contributed by atoms with E-state index in [1.54, 1.807) is 0 Å². The molecule has 0 saturated carbocycles. The SMILES string of the molecule is CC(C)c1ccc(CC2=CC(=O)CCC2)cc1. The molecule has 0 radical (unpaired) electrons. The maximum Gasteiger partial charge on any atom is 0.155 e. The summed E-state index contributed by atoms with van der Waals surface area (Å²) in [5.74, 6) is 0.879. The molecule has 0 saturated heterocycles. The van der Waals surface area contributed by atoms with Crippen LogP contribution in [-0.4, -0.2) is 5.78 Å². The molecule has 0 aromatic heterocycles. The van der Waals surface area contributed by atoms with Gasteiger partial charge in [-0.05, 0) is 42.4 Å². The number of ketones is 1. The van der Waals surface area contributed by atoms with E-state index in [0.29, 0.717) is 11.7 Å². The van der Waals surface area contributed by atoms with E-state index in [9.17, 15) is 4.79 Å². The average Bonchev–Trinajstić information content (AvgIpc) is 2.29. The van der Waals surface area contributed by atoms with E-state index in [1.807, 2.05) is 6.08 Å². The molecule has 0 heterocycles. The van der Waals surface area contributed by atoms with Gasteiger partial charge < -0.3 is 0 Å². The second-order valence-corrected chi connectivity index (χ2v) is 5.20. The van der Waals surface area contributed by atoms with Gasteiger partial charge in [-0.15, -0.1) is 0 Å². The van der Waals surface area contributed by atoms with Crippen molar-refractivity contribution < 1.29 is 4.79 Å². The van der Waals surface area contributed by atoms with Crippen LogP contribution in [0.15, 0.2) is 35.9 Å². The fourth-order valence-corrected chi connectivity index (χ4v) is 2.28. The van der Waals surface area contributed by atoms with Crippen LogP contribution >= 0.6 is 0 Å². The summed E-state index contributed by atoms with van der Waals surface area (Å²) in [6, 6.07) is 8.78. The maximum atomic E-state index is 11.3. The molecule has 0 fully saturated rings. The number of hydrogen-bond acceptors (Lipinski definition) is 1. The van der Waals surface area contributed by atoms with E-state index in [0.717, 1.165) is 25.7 Å². The second kappa shape index (κ2) is 5.31. The highest BCUT2D eigenvalue weighted by molar-refractivity contribution is 5.91. The van der Waals surface area contributed by atoms with Gasteiger partial charge in [-0.1, -0.05) is 43.7 Å². The molecule has 2 rings (SSSR count). The van der Waals surface area contributed by atoms with Gasteiger partial charge in [0.1, 0.15) is 0 Å². The Hall–Kier alpha value is -1.37. The fourth-order valence-electron chi connectivity index (χ4n) is 2.28. The second-order valence-electron chi connectivity index (χ2n) is 5.20. The van der Waals surface area contributed by atoms with Gasteiger partial charge in [-0.2, -0.15) is 0 Å². The highest BCUT2D eigenvalue weighted by Crippen LogP contribution is 2.21. The van der Waals surface area contributed by atoms with Gasteiger partial charge in [-0.25, -0.2) is 0 Å². The average molecular weight is 228 g/mol. The van der Waals surface area contributed by atoms with Crippen LogP contribution in [0, 0.1) is 0 Å². The Morgan fingerprint density at radius 2 is 1.82 bits per heavy atom. The van der Waals surface area contributed by atoms with E-state index in [1.165, 1.54) is 16.7 Å². The molecule has 0 amide bonds. The van der Waals surface area contributed by atoms with E-state index in [-0.39, 0.29) is 0 Å². The lowest BCUT2D eigenvalue weighted by Gasteiger charge is -2.12. The Kier molecular flexibility index (Phi) is 3.78. The fraction of sp³-hybridized carbons (Fsp3) is 0.438. The molecule has 1 aromatic carbocycles. The number of hydrogen-bond donors (Lipinski definition) is 0. The molecular formula is C16H20O. The molecule has 1 aliphatic rings. The quantitative estimate of drug-likeness (QED) is 0.763. The third kappa shape index (κ3) is 3.29. The molecule has 0 atom stereocenters. The van der Waals surface area contributed by atoms with Crippen LogP contribution in [0.3, 0.4) is 0 Å². The van der Waals surface area contributed by atoms with Crippen molar-refractivity contribution in [3.63, 3.8) is 0 Å². The minimum Gasteiger partial charge on any atom is -0.295 e. The van der Waals surface area contributed by atoms with Gasteiger partial charge in [0.15, 0.2) is 5.78 Å². The Bertz CT molecular complexity index is 423. The van der Waals surface area contributed by atoms with Gasteiger partial charge in [0.05, 0.1) is 0 Å². The zero-order valence-corrected chi connectivity index (χ0v) is 10.7. The van der Waals surface area contributed by atoms with Crippen LogP contribution in [0.4, 0.5) is 0 Å². The molecule has 0 unspecified atom stereocenters. The van der Waals surface area contributed by atoms with Gasteiger partial charge in [-0.3, -0.25) is 4.79 Å². The Morgan fingerprint density at radius 3 is 2.41 bits per heavy atom. The summed E-state index contributed by atoms with van der Waals surface area (Å²) in [7, 11) is 0. The summed E-state index contributed by atoms with van der Waals surface area (Å²) >= 11 is 0. The molecular weight excluding hydrogens is 208 g/mol. The van der Waals surface area contributed by atoms with Gasteiger partial charge in [0, 0.05) is 6.42 Å². The molecule has 1 nitrogen and oxygen atoms in total. The first-order chi connectivity index (χ1) is 8.15. The van der Waals surface area contributed by atoms with E-state index < -0.39 is 0 Å². The number of carbonyl (C=O) groups excluding carboxylic acids is 1. The lowest BCUT2D eigenvalue weighted by molar-refractivity contribution is -0.115. The molecule has 17 heavy (non-hydrogen) atoms. The lowest BCUT2D eigenvalue weighted by atomic mass is 9.92. The first-order valence-corrected chi connectivity index (χ1v) is 6.46. The first kappa shape index (κ1) is 12.1.